The molecule has 29 heavy (non-hydrogen) atoms. The van der Waals surface area contributed by atoms with Crippen molar-refractivity contribution >= 4 is 22.0 Å². The second-order valence-corrected chi connectivity index (χ2v) is 9.80. The van der Waals surface area contributed by atoms with E-state index in [1.807, 2.05) is 13.0 Å². The monoisotopic (exact) mass is 415 g/mol. The van der Waals surface area contributed by atoms with E-state index in [1.165, 1.54) is 0 Å². The summed E-state index contributed by atoms with van der Waals surface area (Å²) in [5.74, 6) is -0.0115. The Balaban J connectivity index is 1.36. The van der Waals surface area contributed by atoms with Gasteiger partial charge in [-0.05, 0) is 68.3 Å². The number of sulfone groups is 1. The highest BCUT2D eigenvalue weighted by atomic mass is 32.2. The summed E-state index contributed by atoms with van der Waals surface area (Å²) in [5, 5.41) is 5.69. The van der Waals surface area contributed by atoms with Crippen LogP contribution in [0.2, 0.25) is 0 Å². The molecule has 1 saturated heterocycles. The third-order valence-corrected chi connectivity index (χ3v) is 7.84. The number of carbonyl (C=O) groups is 1. The second-order valence-electron chi connectivity index (χ2n) is 7.57. The van der Waals surface area contributed by atoms with E-state index in [9.17, 15) is 13.2 Å². The van der Waals surface area contributed by atoms with Crippen molar-refractivity contribution in [3.8, 4) is 0 Å². The lowest BCUT2D eigenvalue weighted by Crippen LogP contribution is -2.35. The first-order chi connectivity index (χ1) is 13.9. The zero-order valence-corrected chi connectivity index (χ0v) is 17.1. The summed E-state index contributed by atoms with van der Waals surface area (Å²) in [7, 11) is -3.32. The predicted molar refractivity (Wildman–Crippen MR) is 110 cm³/mol. The van der Waals surface area contributed by atoms with Gasteiger partial charge in [-0.25, -0.2) is 8.42 Å². The Morgan fingerprint density at radius 3 is 2.66 bits per heavy atom. The van der Waals surface area contributed by atoms with Gasteiger partial charge >= 0.3 is 0 Å². The van der Waals surface area contributed by atoms with Gasteiger partial charge in [-0.15, -0.1) is 0 Å². The number of carbonyl (C=O) groups excluding carboxylic acids is 1. The minimum atomic E-state index is -3.32. The van der Waals surface area contributed by atoms with Crippen LogP contribution in [0, 0.1) is 0 Å². The normalized spacial score (nSPS) is 24.3. The molecule has 0 radical (unpaired) electrons. The standard InChI is InChI=1S/C21H25N3O4S/c1-14-20-16(6-11-23-14)12-19(28-20)21(25)24-13-15-2-4-17(5-3-15)29(26,27)18-7-9-22-10-8-18/h2-6,11-12,14,18,20,22H,7-10,13H2,1H3,(H,24,25). The number of benzene rings is 1. The molecule has 2 unspecified atom stereocenters. The quantitative estimate of drug-likeness (QED) is 0.760. The minimum Gasteiger partial charge on any atom is -0.478 e. The van der Waals surface area contributed by atoms with Crippen LogP contribution < -0.4 is 10.6 Å². The first kappa shape index (κ1) is 19.8. The molecule has 1 amide bonds. The van der Waals surface area contributed by atoms with Crippen LogP contribution in [0.1, 0.15) is 25.3 Å². The van der Waals surface area contributed by atoms with Crippen LogP contribution in [0.3, 0.4) is 0 Å². The molecule has 0 spiro atoms. The number of hydrogen-bond acceptors (Lipinski definition) is 6. The molecule has 1 aromatic rings. The molecule has 2 atom stereocenters. The van der Waals surface area contributed by atoms with Crippen molar-refractivity contribution in [1.82, 2.24) is 10.6 Å². The van der Waals surface area contributed by atoms with Gasteiger partial charge in [-0.3, -0.25) is 9.79 Å². The summed E-state index contributed by atoms with van der Waals surface area (Å²) in [4.78, 5) is 17.0. The van der Waals surface area contributed by atoms with Crippen molar-refractivity contribution in [2.75, 3.05) is 13.1 Å². The number of ether oxygens (including phenoxy) is 1. The molecule has 0 aliphatic carbocycles. The van der Waals surface area contributed by atoms with E-state index in [4.69, 9.17) is 4.74 Å². The Bertz CT molecular complexity index is 974. The molecule has 154 valence electrons. The van der Waals surface area contributed by atoms with Gasteiger partial charge in [0.2, 0.25) is 0 Å². The van der Waals surface area contributed by atoms with Crippen molar-refractivity contribution in [3.05, 3.63) is 53.3 Å². The Hall–Kier alpha value is -2.45. The summed E-state index contributed by atoms with van der Waals surface area (Å²) in [5.41, 5.74) is 1.78. The maximum atomic E-state index is 12.8. The SMILES string of the molecule is CC1N=CC=C2C=C(C(=O)NCc3ccc(S(=O)(=O)C4CCNCC4)cc3)OC21. The summed E-state index contributed by atoms with van der Waals surface area (Å²) in [6, 6.07) is 6.73. The Labute approximate surface area is 170 Å². The van der Waals surface area contributed by atoms with Gasteiger partial charge < -0.3 is 15.4 Å². The molecule has 0 bridgehead atoms. The Morgan fingerprint density at radius 2 is 1.97 bits per heavy atom. The Kier molecular flexibility index (Phi) is 5.56. The highest BCUT2D eigenvalue weighted by Gasteiger charge is 2.32. The van der Waals surface area contributed by atoms with Crippen molar-refractivity contribution in [3.63, 3.8) is 0 Å². The van der Waals surface area contributed by atoms with Crippen LogP contribution in [-0.2, 0) is 25.9 Å². The summed E-state index contributed by atoms with van der Waals surface area (Å²) < 4.78 is 31.2. The summed E-state index contributed by atoms with van der Waals surface area (Å²) >= 11 is 0. The molecule has 3 heterocycles. The number of allylic oxidation sites excluding steroid dienone is 1. The van der Waals surface area contributed by atoms with Gasteiger partial charge in [0.1, 0.15) is 6.10 Å². The van der Waals surface area contributed by atoms with Crippen LogP contribution in [0.15, 0.2) is 57.6 Å². The molecule has 8 heteroatoms. The zero-order valence-electron chi connectivity index (χ0n) is 16.3. The average Bonchev–Trinajstić information content (AvgIpc) is 3.19. The molecule has 4 rings (SSSR count). The van der Waals surface area contributed by atoms with Crippen LogP contribution in [0.25, 0.3) is 0 Å². The molecule has 1 aromatic carbocycles. The smallest absolute Gasteiger partial charge is 0.286 e. The number of amides is 1. The third kappa shape index (κ3) is 4.13. The van der Waals surface area contributed by atoms with E-state index in [0.717, 1.165) is 24.2 Å². The maximum Gasteiger partial charge on any atom is 0.286 e. The van der Waals surface area contributed by atoms with Gasteiger partial charge in [0.25, 0.3) is 5.91 Å². The second kappa shape index (κ2) is 8.12. The molecule has 7 nitrogen and oxygen atoms in total. The van der Waals surface area contributed by atoms with Gasteiger partial charge in [0.05, 0.1) is 16.2 Å². The van der Waals surface area contributed by atoms with Crippen molar-refractivity contribution in [1.29, 1.82) is 0 Å². The van der Waals surface area contributed by atoms with Gasteiger partial charge in [-0.1, -0.05) is 12.1 Å². The van der Waals surface area contributed by atoms with E-state index < -0.39 is 9.84 Å². The fraction of sp³-hybridized carbons (Fsp3) is 0.429. The van der Waals surface area contributed by atoms with Gasteiger partial charge in [0.15, 0.2) is 15.6 Å². The van der Waals surface area contributed by atoms with E-state index in [2.05, 4.69) is 15.6 Å². The lowest BCUT2D eigenvalue weighted by molar-refractivity contribution is -0.121. The molecular weight excluding hydrogens is 390 g/mol. The fourth-order valence-electron chi connectivity index (χ4n) is 3.82. The first-order valence-corrected chi connectivity index (χ1v) is 11.4. The number of hydrogen-bond donors (Lipinski definition) is 2. The molecule has 0 aromatic heterocycles. The van der Waals surface area contributed by atoms with Crippen LogP contribution in [0.4, 0.5) is 0 Å². The highest BCUT2D eigenvalue weighted by Crippen LogP contribution is 2.28. The number of aliphatic imine (C=N–C) groups is 1. The van der Waals surface area contributed by atoms with E-state index in [1.54, 1.807) is 36.6 Å². The molecule has 0 saturated carbocycles. The van der Waals surface area contributed by atoms with Crippen molar-refractivity contribution < 1.29 is 17.9 Å². The number of nitrogens with one attached hydrogen (secondary N) is 2. The largest absolute Gasteiger partial charge is 0.478 e. The number of fused-ring (bicyclic) bond motifs is 1. The maximum absolute atomic E-state index is 12.8. The average molecular weight is 416 g/mol. The zero-order chi connectivity index (χ0) is 20.4. The topological polar surface area (TPSA) is 96.9 Å². The predicted octanol–water partition coefficient (Wildman–Crippen LogP) is 1.51. The third-order valence-electron chi connectivity index (χ3n) is 5.56. The number of nitrogens with zero attached hydrogens (tertiary/aromatic N) is 1. The molecule has 3 aliphatic rings. The Morgan fingerprint density at radius 1 is 1.24 bits per heavy atom. The highest BCUT2D eigenvalue weighted by molar-refractivity contribution is 7.92. The molecular formula is C21H25N3O4S. The van der Waals surface area contributed by atoms with Crippen molar-refractivity contribution in [2.24, 2.45) is 4.99 Å². The lowest BCUT2D eigenvalue weighted by Gasteiger charge is -2.22. The minimum absolute atomic E-state index is 0.0222. The molecule has 2 N–H and O–H groups in total. The van der Waals surface area contributed by atoms with Crippen LogP contribution in [0.5, 0.6) is 0 Å². The van der Waals surface area contributed by atoms with E-state index >= 15 is 0 Å². The van der Waals surface area contributed by atoms with Gasteiger partial charge in [0, 0.05) is 12.8 Å². The van der Waals surface area contributed by atoms with Crippen LogP contribution in [-0.4, -0.2) is 51.0 Å². The van der Waals surface area contributed by atoms with Crippen LogP contribution >= 0.6 is 0 Å². The van der Waals surface area contributed by atoms with E-state index in [0.29, 0.717) is 24.3 Å². The number of piperidine rings is 1. The molecule has 3 aliphatic heterocycles. The fourth-order valence-corrected chi connectivity index (χ4v) is 5.58. The number of dihydropyridines is 1. The van der Waals surface area contributed by atoms with Crippen molar-refractivity contribution in [2.45, 2.75) is 48.6 Å². The summed E-state index contributed by atoms with van der Waals surface area (Å²) in [6.45, 7) is 3.70. The number of rotatable bonds is 5. The lowest BCUT2D eigenvalue weighted by atomic mass is 10.0. The van der Waals surface area contributed by atoms with E-state index in [-0.39, 0.29) is 29.1 Å². The summed E-state index contributed by atoms with van der Waals surface area (Å²) in [6.07, 6.45) is 6.40. The van der Waals surface area contributed by atoms with Gasteiger partial charge in [-0.2, -0.15) is 0 Å². The molecule has 1 fully saturated rings. The first-order valence-electron chi connectivity index (χ1n) is 9.88.